The third-order valence-corrected chi connectivity index (χ3v) is 3.75. The summed E-state index contributed by atoms with van der Waals surface area (Å²) in [5.41, 5.74) is 0.650. The molecule has 0 unspecified atom stereocenters. The van der Waals surface area contributed by atoms with Crippen molar-refractivity contribution in [3.63, 3.8) is 0 Å². The Kier molecular flexibility index (Phi) is 3.39. The standard InChI is InChI=1S/C16H12O3S/c1-18-12-5-4-11-9-16(19-15(11)10-12)14(17)7-6-13-3-2-8-20-13/h2-10H,1H3. The Hall–Kier alpha value is -2.33. The van der Waals surface area contributed by atoms with Gasteiger partial charge in [0.05, 0.1) is 7.11 Å². The fourth-order valence-electron chi connectivity index (χ4n) is 1.89. The van der Waals surface area contributed by atoms with Gasteiger partial charge in [-0.3, -0.25) is 4.79 Å². The molecule has 0 fully saturated rings. The number of methoxy groups -OCH3 is 1. The zero-order valence-electron chi connectivity index (χ0n) is 10.8. The number of carbonyl (C=O) groups is 1. The van der Waals surface area contributed by atoms with Gasteiger partial charge in [-0.25, -0.2) is 0 Å². The van der Waals surface area contributed by atoms with Gasteiger partial charge in [-0.1, -0.05) is 6.07 Å². The van der Waals surface area contributed by atoms with E-state index < -0.39 is 0 Å². The van der Waals surface area contributed by atoms with Crippen LogP contribution < -0.4 is 4.74 Å². The highest BCUT2D eigenvalue weighted by Crippen LogP contribution is 2.24. The summed E-state index contributed by atoms with van der Waals surface area (Å²) < 4.78 is 10.7. The van der Waals surface area contributed by atoms with E-state index in [1.165, 1.54) is 6.08 Å². The molecule has 3 aromatic rings. The zero-order chi connectivity index (χ0) is 13.9. The molecule has 0 aliphatic heterocycles. The van der Waals surface area contributed by atoms with E-state index in [0.29, 0.717) is 17.1 Å². The van der Waals surface area contributed by atoms with Gasteiger partial charge in [-0.05, 0) is 41.8 Å². The topological polar surface area (TPSA) is 39.4 Å². The van der Waals surface area contributed by atoms with Crippen molar-refractivity contribution in [2.24, 2.45) is 0 Å². The SMILES string of the molecule is COc1ccc2cc(C(=O)C=Cc3cccs3)oc2c1. The molecular weight excluding hydrogens is 272 g/mol. The molecule has 0 radical (unpaired) electrons. The lowest BCUT2D eigenvalue weighted by Gasteiger charge is -1.96. The third kappa shape index (κ3) is 2.51. The molecule has 0 saturated carbocycles. The van der Waals surface area contributed by atoms with Crippen molar-refractivity contribution >= 4 is 34.2 Å². The second-order valence-corrected chi connectivity index (χ2v) is 5.21. The first-order valence-corrected chi connectivity index (χ1v) is 6.98. The Labute approximate surface area is 120 Å². The highest BCUT2D eigenvalue weighted by atomic mass is 32.1. The lowest BCUT2D eigenvalue weighted by Crippen LogP contribution is -1.89. The van der Waals surface area contributed by atoms with E-state index in [0.717, 1.165) is 10.3 Å². The first-order valence-electron chi connectivity index (χ1n) is 6.10. The maximum atomic E-state index is 12.1. The molecule has 3 rings (SSSR count). The molecule has 0 aliphatic carbocycles. The lowest BCUT2D eigenvalue weighted by atomic mass is 10.2. The third-order valence-electron chi connectivity index (χ3n) is 2.91. The second-order valence-electron chi connectivity index (χ2n) is 4.23. The fraction of sp³-hybridized carbons (Fsp3) is 0.0625. The summed E-state index contributed by atoms with van der Waals surface area (Å²) in [6.07, 6.45) is 3.32. The molecule has 100 valence electrons. The molecule has 0 saturated heterocycles. The Morgan fingerprint density at radius 2 is 2.20 bits per heavy atom. The van der Waals surface area contributed by atoms with Crippen molar-refractivity contribution in [2.75, 3.05) is 7.11 Å². The van der Waals surface area contributed by atoms with Crippen molar-refractivity contribution < 1.29 is 13.9 Å². The number of benzene rings is 1. The molecule has 0 aliphatic rings. The van der Waals surface area contributed by atoms with Gasteiger partial charge < -0.3 is 9.15 Å². The number of furan rings is 1. The Morgan fingerprint density at radius 3 is 2.95 bits per heavy atom. The number of hydrogen-bond donors (Lipinski definition) is 0. The van der Waals surface area contributed by atoms with E-state index >= 15 is 0 Å². The normalized spacial score (nSPS) is 11.2. The van der Waals surface area contributed by atoms with Crippen LogP contribution in [0.5, 0.6) is 5.75 Å². The van der Waals surface area contributed by atoms with E-state index in [4.69, 9.17) is 9.15 Å². The summed E-state index contributed by atoms with van der Waals surface area (Å²) in [5.74, 6) is 0.898. The van der Waals surface area contributed by atoms with E-state index in [2.05, 4.69) is 0 Å². The first kappa shape index (κ1) is 12.7. The number of rotatable bonds is 4. The van der Waals surface area contributed by atoms with Gasteiger partial charge >= 0.3 is 0 Å². The molecule has 0 atom stereocenters. The molecule has 1 aromatic carbocycles. The van der Waals surface area contributed by atoms with Crippen LogP contribution in [0.25, 0.3) is 17.0 Å². The summed E-state index contributed by atoms with van der Waals surface area (Å²) in [5, 5.41) is 2.86. The van der Waals surface area contributed by atoms with Crippen LogP contribution in [0.1, 0.15) is 15.4 Å². The highest BCUT2D eigenvalue weighted by Gasteiger charge is 2.10. The molecule has 0 N–H and O–H groups in total. The van der Waals surface area contributed by atoms with Crippen molar-refractivity contribution in [1.29, 1.82) is 0 Å². The van der Waals surface area contributed by atoms with E-state index in [9.17, 15) is 4.79 Å². The van der Waals surface area contributed by atoms with Gasteiger partial charge in [0.25, 0.3) is 0 Å². The Balaban J connectivity index is 1.88. The highest BCUT2D eigenvalue weighted by molar-refractivity contribution is 7.10. The van der Waals surface area contributed by atoms with E-state index in [1.807, 2.05) is 29.6 Å². The summed E-state index contributed by atoms with van der Waals surface area (Å²) in [7, 11) is 1.60. The van der Waals surface area contributed by atoms with Crippen LogP contribution in [0.3, 0.4) is 0 Å². The number of carbonyl (C=O) groups excluding carboxylic acids is 1. The second kappa shape index (κ2) is 5.35. The van der Waals surface area contributed by atoms with Gasteiger partial charge in [-0.2, -0.15) is 0 Å². The van der Waals surface area contributed by atoms with Crippen molar-refractivity contribution in [3.8, 4) is 5.75 Å². The maximum Gasteiger partial charge on any atom is 0.221 e. The molecule has 0 bridgehead atoms. The largest absolute Gasteiger partial charge is 0.497 e. The van der Waals surface area contributed by atoms with Crippen LogP contribution in [0.2, 0.25) is 0 Å². The minimum Gasteiger partial charge on any atom is -0.497 e. The summed E-state index contributed by atoms with van der Waals surface area (Å²) >= 11 is 1.58. The Morgan fingerprint density at radius 1 is 1.30 bits per heavy atom. The fourth-order valence-corrected chi connectivity index (χ4v) is 2.50. The van der Waals surface area contributed by atoms with Crippen LogP contribution in [0, 0.1) is 0 Å². The monoisotopic (exact) mass is 284 g/mol. The molecule has 2 heterocycles. The van der Waals surface area contributed by atoms with Crippen molar-refractivity contribution in [2.45, 2.75) is 0 Å². The number of thiophene rings is 1. The number of fused-ring (bicyclic) bond motifs is 1. The average Bonchev–Trinajstić information content (AvgIpc) is 3.12. The predicted octanol–water partition coefficient (Wildman–Crippen LogP) is 4.40. The molecular formula is C16H12O3S. The van der Waals surface area contributed by atoms with Crippen LogP contribution >= 0.6 is 11.3 Å². The predicted molar refractivity (Wildman–Crippen MR) is 80.4 cm³/mol. The van der Waals surface area contributed by atoms with Crippen molar-refractivity contribution in [3.05, 3.63) is 58.5 Å². The maximum absolute atomic E-state index is 12.1. The van der Waals surface area contributed by atoms with Gasteiger partial charge in [0, 0.05) is 16.3 Å². The molecule has 0 spiro atoms. The van der Waals surface area contributed by atoms with Gasteiger partial charge in [0.15, 0.2) is 5.76 Å². The Bertz CT molecular complexity index is 766. The minimum atomic E-state index is -0.145. The zero-order valence-corrected chi connectivity index (χ0v) is 11.6. The lowest BCUT2D eigenvalue weighted by molar-refractivity contribution is 0.102. The van der Waals surface area contributed by atoms with E-state index in [-0.39, 0.29) is 5.78 Å². The number of ether oxygens (including phenoxy) is 1. The molecule has 4 heteroatoms. The van der Waals surface area contributed by atoms with Crippen LogP contribution in [0.15, 0.2) is 52.3 Å². The summed E-state index contributed by atoms with van der Waals surface area (Å²) in [6.45, 7) is 0. The van der Waals surface area contributed by atoms with Gasteiger partial charge in [-0.15, -0.1) is 11.3 Å². The number of hydrogen-bond acceptors (Lipinski definition) is 4. The molecule has 2 aromatic heterocycles. The van der Waals surface area contributed by atoms with Crippen LogP contribution in [0.4, 0.5) is 0 Å². The summed E-state index contributed by atoms with van der Waals surface area (Å²) in [4.78, 5) is 13.1. The number of ketones is 1. The molecule has 0 amide bonds. The average molecular weight is 284 g/mol. The smallest absolute Gasteiger partial charge is 0.221 e. The van der Waals surface area contributed by atoms with Gasteiger partial charge in [0.1, 0.15) is 11.3 Å². The quantitative estimate of drug-likeness (QED) is 0.526. The van der Waals surface area contributed by atoms with Crippen LogP contribution in [-0.4, -0.2) is 12.9 Å². The van der Waals surface area contributed by atoms with Gasteiger partial charge in [0.2, 0.25) is 5.78 Å². The first-order chi connectivity index (χ1) is 9.76. The minimum absolute atomic E-state index is 0.145. The van der Waals surface area contributed by atoms with Crippen molar-refractivity contribution in [1.82, 2.24) is 0 Å². The molecule has 3 nitrogen and oxygen atoms in total. The van der Waals surface area contributed by atoms with Crippen LogP contribution in [-0.2, 0) is 0 Å². The van der Waals surface area contributed by atoms with E-state index in [1.54, 1.807) is 36.7 Å². The number of allylic oxidation sites excluding steroid dienone is 1. The summed E-state index contributed by atoms with van der Waals surface area (Å²) in [6, 6.07) is 11.1. The molecule has 20 heavy (non-hydrogen) atoms.